The number of esters is 1. The average molecular weight is 292 g/mol. The zero-order chi connectivity index (χ0) is 15.2. The van der Waals surface area contributed by atoms with Gasteiger partial charge in [-0.1, -0.05) is 0 Å². The fraction of sp³-hybridized carbons (Fsp3) is 0.533. The molecule has 0 fully saturated rings. The number of hydrogen-bond donors (Lipinski definition) is 0. The van der Waals surface area contributed by atoms with Crippen molar-refractivity contribution in [2.45, 2.75) is 26.7 Å². The summed E-state index contributed by atoms with van der Waals surface area (Å²) in [6.45, 7) is 5.42. The minimum absolute atomic E-state index is 0.295. The second kappa shape index (κ2) is 7.06. The van der Waals surface area contributed by atoms with E-state index < -0.39 is 0 Å². The van der Waals surface area contributed by atoms with Crippen molar-refractivity contribution >= 4 is 12.1 Å². The molecule has 0 aromatic carbocycles. The Labute approximate surface area is 124 Å². The molecule has 0 saturated heterocycles. The highest BCUT2D eigenvalue weighted by atomic mass is 16.6. The van der Waals surface area contributed by atoms with Crippen molar-refractivity contribution in [3.05, 3.63) is 29.1 Å². The Balaban J connectivity index is 2.10. The third-order valence-electron chi connectivity index (χ3n) is 3.37. The summed E-state index contributed by atoms with van der Waals surface area (Å²) in [6.07, 6.45) is 2.57. The molecule has 114 valence electrons. The van der Waals surface area contributed by atoms with Gasteiger partial charge in [-0.2, -0.15) is 0 Å². The normalized spacial score (nSPS) is 14.1. The largest absolute Gasteiger partial charge is 0.462 e. The smallest absolute Gasteiger partial charge is 0.409 e. The molecule has 1 amide bonds. The van der Waals surface area contributed by atoms with Crippen molar-refractivity contribution in [1.82, 2.24) is 9.88 Å². The summed E-state index contributed by atoms with van der Waals surface area (Å²) >= 11 is 0. The quantitative estimate of drug-likeness (QED) is 0.795. The van der Waals surface area contributed by atoms with E-state index in [-0.39, 0.29) is 12.1 Å². The summed E-state index contributed by atoms with van der Waals surface area (Å²) in [6, 6.07) is 1.81. The summed E-state index contributed by atoms with van der Waals surface area (Å²) in [5.41, 5.74) is 2.38. The first-order chi connectivity index (χ1) is 10.2. The molecule has 2 rings (SSSR count). The van der Waals surface area contributed by atoms with Crippen LogP contribution in [-0.4, -0.2) is 48.2 Å². The topological polar surface area (TPSA) is 68.7 Å². The fourth-order valence-electron chi connectivity index (χ4n) is 2.31. The molecule has 0 spiro atoms. The van der Waals surface area contributed by atoms with Crippen molar-refractivity contribution in [3.63, 3.8) is 0 Å². The maximum absolute atomic E-state index is 11.8. The van der Waals surface area contributed by atoms with E-state index in [0.717, 1.165) is 11.3 Å². The molecule has 0 bridgehead atoms. The van der Waals surface area contributed by atoms with Crippen LogP contribution < -0.4 is 0 Å². The Kier molecular flexibility index (Phi) is 5.14. The van der Waals surface area contributed by atoms with E-state index in [0.29, 0.717) is 44.7 Å². The first-order valence-electron chi connectivity index (χ1n) is 7.22. The summed E-state index contributed by atoms with van der Waals surface area (Å²) in [5.74, 6) is -0.362. The van der Waals surface area contributed by atoms with Crippen LogP contribution in [0.3, 0.4) is 0 Å². The van der Waals surface area contributed by atoms with E-state index in [4.69, 9.17) is 9.47 Å². The number of amides is 1. The zero-order valence-corrected chi connectivity index (χ0v) is 12.4. The lowest BCUT2D eigenvalue weighted by Gasteiger charge is -2.18. The van der Waals surface area contributed by atoms with Gasteiger partial charge in [-0.25, -0.2) is 9.59 Å². The van der Waals surface area contributed by atoms with Gasteiger partial charge >= 0.3 is 12.1 Å². The van der Waals surface area contributed by atoms with E-state index in [9.17, 15) is 9.59 Å². The molecule has 0 aliphatic carbocycles. The molecule has 0 radical (unpaired) electrons. The fourth-order valence-corrected chi connectivity index (χ4v) is 2.31. The van der Waals surface area contributed by atoms with Gasteiger partial charge in [0.05, 0.1) is 18.8 Å². The zero-order valence-electron chi connectivity index (χ0n) is 12.4. The van der Waals surface area contributed by atoms with Crippen LogP contribution in [0.2, 0.25) is 0 Å². The van der Waals surface area contributed by atoms with Crippen LogP contribution in [0.4, 0.5) is 4.79 Å². The monoisotopic (exact) mass is 292 g/mol. The number of carbonyl (C=O) groups is 2. The van der Waals surface area contributed by atoms with E-state index in [2.05, 4.69) is 4.98 Å². The summed E-state index contributed by atoms with van der Waals surface area (Å²) in [7, 11) is 0. The van der Waals surface area contributed by atoms with Crippen molar-refractivity contribution < 1.29 is 19.1 Å². The molecule has 21 heavy (non-hydrogen) atoms. The van der Waals surface area contributed by atoms with Crippen LogP contribution in [-0.2, 0) is 22.3 Å². The van der Waals surface area contributed by atoms with Crippen LogP contribution >= 0.6 is 0 Å². The maximum atomic E-state index is 11.8. The second-order valence-electron chi connectivity index (χ2n) is 4.74. The molecular formula is C15H20N2O4. The Morgan fingerprint density at radius 1 is 1.19 bits per heavy atom. The van der Waals surface area contributed by atoms with Gasteiger partial charge < -0.3 is 14.4 Å². The number of fused-ring (bicyclic) bond motifs is 1. The maximum Gasteiger partial charge on any atom is 0.409 e. The third-order valence-corrected chi connectivity index (χ3v) is 3.37. The average Bonchev–Trinajstić information content (AvgIpc) is 2.69. The Bertz CT molecular complexity index is 530. The first kappa shape index (κ1) is 15.3. The SMILES string of the molecule is CCOC(=O)c1cnc2c(c1)CCN(C(=O)OCC)CC2. The number of rotatable bonds is 3. The molecule has 0 N–H and O–H groups in total. The highest BCUT2D eigenvalue weighted by molar-refractivity contribution is 5.89. The Morgan fingerprint density at radius 2 is 1.90 bits per heavy atom. The van der Waals surface area contributed by atoms with Crippen LogP contribution in [0, 0.1) is 0 Å². The number of pyridine rings is 1. The van der Waals surface area contributed by atoms with Crippen LogP contribution in [0.1, 0.15) is 35.5 Å². The van der Waals surface area contributed by atoms with Gasteiger partial charge in [0, 0.05) is 31.4 Å². The molecule has 2 heterocycles. The minimum atomic E-state index is -0.362. The second-order valence-corrected chi connectivity index (χ2v) is 4.74. The predicted molar refractivity (Wildman–Crippen MR) is 76.2 cm³/mol. The van der Waals surface area contributed by atoms with E-state index in [1.807, 2.05) is 6.07 Å². The lowest BCUT2D eigenvalue weighted by Crippen LogP contribution is -2.33. The Morgan fingerprint density at radius 3 is 2.62 bits per heavy atom. The highest BCUT2D eigenvalue weighted by Crippen LogP contribution is 2.16. The first-order valence-corrected chi connectivity index (χ1v) is 7.22. The molecule has 6 nitrogen and oxygen atoms in total. The summed E-state index contributed by atoms with van der Waals surface area (Å²) in [5, 5.41) is 0. The van der Waals surface area contributed by atoms with Crippen LogP contribution in [0.25, 0.3) is 0 Å². The molecule has 1 aliphatic rings. The molecule has 0 atom stereocenters. The standard InChI is InChI=1S/C15H20N2O4/c1-3-20-14(18)12-9-11-5-7-17(15(19)21-4-2)8-6-13(11)16-10-12/h9-10H,3-8H2,1-2H3. The molecule has 6 heteroatoms. The highest BCUT2D eigenvalue weighted by Gasteiger charge is 2.21. The van der Waals surface area contributed by atoms with Gasteiger partial charge in [-0.15, -0.1) is 0 Å². The predicted octanol–water partition coefficient (Wildman–Crippen LogP) is 1.82. The van der Waals surface area contributed by atoms with E-state index >= 15 is 0 Å². The number of aromatic nitrogens is 1. The van der Waals surface area contributed by atoms with Crippen LogP contribution in [0.5, 0.6) is 0 Å². The lowest BCUT2D eigenvalue weighted by molar-refractivity contribution is 0.0525. The number of nitrogens with zero attached hydrogens (tertiary/aromatic N) is 2. The molecule has 1 aromatic rings. The van der Waals surface area contributed by atoms with Crippen molar-refractivity contribution in [1.29, 1.82) is 0 Å². The summed E-state index contributed by atoms with van der Waals surface area (Å²) in [4.78, 5) is 29.5. The summed E-state index contributed by atoms with van der Waals surface area (Å²) < 4.78 is 10.0. The molecule has 0 saturated carbocycles. The number of carbonyl (C=O) groups excluding carboxylic acids is 2. The van der Waals surface area contributed by atoms with E-state index in [1.54, 1.807) is 18.7 Å². The van der Waals surface area contributed by atoms with Gasteiger partial charge in [-0.05, 0) is 31.9 Å². The van der Waals surface area contributed by atoms with Crippen molar-refractivity contribution in [2.75, 3.05) is 26.3 Å². The van der Waals surface area contributed by atoms with Crippen molar-refractivity contribution in [2.24, 2.45) is 0 Å². The van der Waals surface area contributed by atoms with Crippen LogP contribution in [0.15, 0.2) is 12.3 Å². The van der Waals surface area contributed by atoms with Crippen molar-refractivity contribution in [3.8, 4) is 0 Å². The molecular weight excluding hydrogens is 272 g/mol. The molecule has 1 aromatic heterocycles. The minimum Gasteiger partial charge on any atom is -0.462 e. The molecule has 1 aliphatic heterocycles. The lowest BCUT2D eigenvalue weighted by atomic mass is 10.1. The van der Waals surface area contributed by atoms with Gasteiger partial charge in [0.25, 0.3) is 0 Å². The van der Waals surface area contributed by atoms with Gasteiger partial charge in [-0.3, -0.25) is 4.98 Å². The van der Waals surface area contributed by atoms with Gasteiger partial charge in [0.1, 0.15) is 0 Å². The van der Waals surface area contributed by atoms with E-state index in [1.165, 1.54) is 6.20 Å². The van der Waals surface area contributed by atoms with Gasteiger partial charge in [0.2, 0.25) is 0 Å². The van der Waals surface area contributed by atoms with Gasteiger partial charge in [0.15, 0.2) is 0 Å². The third kappa shape index (κ3) is 3.71. The number of hydrogen-bond acceptors (Lipinski definition) is 5. The number of ether oxygens (including phenoxy) is 2. The Hall–Kier alpha value is -2.11. The molecule has 0 unspecified atom stereocenters.